The van der Waals surface area contributed by atoms with E-state index in [-0.39, 0.29) is 5.39 Å². The van der Waals surface area contributed by atoms with Gasteiger partial charge in [-0.3, -0.25) is 20.2 Å². The van der Waals surface area contributed by atoms with E-state index in [0.717, 1.165) is 12.1 Å². The van der Waals surface area contributed by atoms with E-state index in [0.29, 0.717) is 12.1 Å². The van der Waals surface area contributed by atoms with Gasteiger partial charge in [-0.1, -0.05) is 0 Å². The molecule has 0 heterocycles. The average molecular weight is 313 g/mol. The highest BCUT2D eigenvalue weighted by molar-refractivity contribution is 7.85. The lowest BCUT2D eigenvalue weighted by Gasteiger charge is -2.09. The lowest BCUT2D eigenvalue weighted by Crippen LogP contribution is -2.00. The Morgan fingerprint density at radius 2 is 1.52 bits per heavy atom. The standard InChI is InChI=1S/C10H6N2O8S/c13-10-7-3-5(21(18,19)20)1-2-6(7)8(11(14)15)4-9(10)12(16)17/h1-4,13H,(H,18,19,20)/p-1. The molecule has 0 aromatic heterocycles. The van der Waals surface area contributed by atoms with Crippen molar-refractivity contribution in [3.05, 3.63) is 44.5 Å². The van der Waals surface area contributed by atoms with Gasteiger partial charge in [-0.05, 0) is 18.2 Å². The van der Waals surface area contributed by atoms with Crippen molar-refractivity contribution in [2.45, 2.75) is 4.90 Å². The van der Waals surface area contributed by atoms with Crippen LogP contribution in [0.2, 0.25) is 0 Å². The fourth-order valence-electron chi connectivity index (χ4n) is 1.80. The van der Waals surface area contributed by atoms with Crippen molar-refractivity contribution >= 4 is 32.3 Å². The van der Waals surface area contributed by atoms with Crippen LogP contribution in [0.3, 0.4) is 0 Å². The van der Waals surface area contributed by atoms with Crippen molar-refractivity contribution in [1.82, 2.24) is 0 Å². The second-order valence-electron chi connectivity index (χ2n) is 3.94. The molecule has 11 heteroatoms. The number of aromatic hydroxyl groups is 1. The topological polar surface area (TPSA) is 164 Å². The van der Waals surface area contributed by atoms with Crippen molar-refractivity contribution in [3.8, 4) is 5.75 Å². The minimum atomic E-state index is -4.88. The Morgan fingerprint density at radius 3 is 2.00 bits per heavy atom. The van der Waals surface area contributed by atoms with E-state index in [4.69, 9.17) is 0 Å². The van der Waals surface area contributed by atoms with Gasteiger partial charge in [0.15, 0.2) is 0 Å². The van der Waals surface area contributed by atoms with E-state index in [1.54, 1.807) is 0 Å². The Bertz CT molecular complexity index is 890. The summed E-state index contributed by atoms with van der Waals surface area (Å²) in [5.74, 6) is -0.953. The Hall–Kier alpha value is -2.79. The van der Waals surface area contributed by atoms with Crippen molar-refractivity contribution in [3.63, 3.8) is 0 Å². The largest absolute Gasteiger partial charge is 0.744 e. The molecular weight excluding hydrogens is 308 g/mol. The summed E-state index contributed by atoms with van der Waals surface area (Å²) in [7, 11) is -4.88. The summed E-state index contributed by atoms with van der Waals surface area (Å²) in [5, 5.41) is 30.7. The van der Waals surface area contributed by atoms with Crippen LogP contribution in [-0.2, 0) is 10.1 Å². The Kier molecular flexibility index (Phi) is 3.23. The van der Waals surface area contributed by atoms with Crippen molar-refractivity contribution in [2.75, 3.05) is 0 Å². The first-order chi connectivity index (χ1) is 9.62. The third-order valence-electron chi connectivity index (χ3n) is 2.72. The number of phenols is 1. The highest BCUT2D eigenvalue weighted by Gasteiger charge is 2.25. The molecule has 0 amide bonds. The zero-order chi connectivity index (χ0) is 15.9. The Morgan fingerprint density at radius 1 is 0.952 bits per heavy atom. The quantitative estimate of drug-likeness (QED) is 0.502. The zero-order valence-electron chi connectivity index (χ0n) is 9.92. The number of phenolic OH excluding ortho intramolecular Hbond substituents is 1. The van der Waals surface area contributed by atoms with Gasteiger partial charge >= 0.3 is 5.69 Å². The van der Waals surface area contributed by atoms with Crippen LogP contribution in [0.4, 0.5) is 11.4 Å². The summed E-state index contributed by atoms with van der Waals surface area (Å²) in [4.78, 5) is 18.9. The van der Waals surface area contributed by atoms with Crippen LogP contribution in [-0.4, -0.2) is 27.9 Å². The van der Waals surface area contributed by atoms with Crippen molar-refractivity contribution in [2.24, 2.45) is 0 Å². The predicted octanol–water partition coefficient (Wildman–Crippen LogP) is 1.27. The normalized spacial score (nSPS) is 11.5. The molecule has 0 aliphatic rings. The van der Waals surface area contributed by atoms with E-state index in [9.17, 15) is 38.3 Å². The maximum atomic E-state index is 10.9. The second-order valence-corrected chi connectivity index (χ2v) is 5.32. The molecule has 0 saturated heterocycles. The number of nitro benzene ring substituents is 2. The highest BCUT2D eigenvalue weighted by Crippen LogP contribution is 2.40. The molecule has 0 atom stereocenters. The van der Waals surface area contributed by atoms with Gasteiger partial charge in [0, 0.05) is 5.39 Å². The van der Waals surface area contributed by atoms with E-state index in [1.807, 2.05) is 0 Å². The van der Waals surface area contributed by atoms with Gasteiger partial charge < -0.3 is 9.66 Å². The molecule has 0 spiro atoms. The number of rotatable bonds is 3. The monoisotopic (exact) mass is 313 g/mol. The van der Waals surface area contributed by atoms with Gasteiger partial charge in [0.25, 0.3) is 5.69 Å². The van der Waals surface area contributed by atoms with Crippen molar-refractivity contribution in [1.29, 1.82) is 0 Å². The molecule has 0 aliphatic heterocycles. The number of hydrogen-bond acceptors (Lipinski definition) is 8. The first kappa shape index (κ1) is 14.6. The van der Waals surface area contributed by atoms with Crippen LogP contribution in [0.25, 0.3) is 10.8 Å². The Balaban J connectivity index is 2.99. The maximum Gasteiger partial charge on any atom is 0.318 e. The van der Waals surface area contributed by atoms with Gasteiger partial charge in [-0.15, -0.1) is 0 Å². The first-order valence-corrected chi connectivity index (χ1v) is 6.58. The number of nitrogens with zero attached hydrogens (tertiary/aromatic N) is 2. The minimum Gasteiger partial charge on any atom is -0.744 e. The molecule has 1 N–H and O–H groups in total. The number of hydrogen-bond donors (Lipinski definition) is 1. The fraction of sp³-hybridized carbons (Fsp3) is 0. The number of non-ortho nitro benzene ring substituents is 1. The van der Waals surface area contributed by atoms with Crippen LogP contribution < -0.4 is 0 Å². The molecule has 0 radical (unpaired) electrons. The van der Waals surface area contributed by atoms with Crippen LogP contribution in [0, 0.1) is 20.2 Å². The smallest absolute Gasteiger partial charge is 0.318 e. The summed E-state index contributed by atoms with van der Waals surface area (Å²) in [5.41, 5.74) is -1.65. The molecule has 2 aromatic carbocycles. The molecule has 0 aliphatic carbocycles. The lowest BCUT2D eigenvalue weighted by molar-refractivity contribution is -0.393. The van der Waals surface area contributed by atoms with Gasteiger partial charge in [-0.2, -0.15) is 0 Å². The third-order valence-corrected chi connectivity index (χ3v) is 3.55. The molecule has 21 heavy (non-hydrogen) atoms. The molecule has 10 nitrogen and oxygen atoms in total. The molecule has 2 aromatic rings. The van der Waals surface area contributed by atoms with E-state index >= 15 is 0 Å². The molecule has 0 unspecified atom stereocenters. The first-order valence-electron chi connectivity index (χ1n) is 5.17. The predicted molar refractivity (Wildman–Crippen MR) is 66.9 cm³/mol. The van der Waals surface area contributed by atoms with Crippen LogP contribution in [0.15, 0.2) is 29.2 Å². The van der Waals surface area contributed by atoms with Gasteiger partial charge in [0.2, 0.25) is 5.75 Å². The number of fused-ring (bicyclic) bond motifs is 1. The lowest BCUT2D eigenvalue weighted by atomic mass is 10.1. The summed E-state index contributed by atoms with van der Waals surface area (Å²) in [6, 6.07) is 2.97. The van der Waals surface area contributed by atoms with Gasteiger partial charge in [0.1, 0.15) is 10.1 Å². The molecule has 2 rings (SSSR count). The summed E-state index contributed by atoms with van der Waals surface area (Å²) in [6.07, 6.45) is 0. The SMILES string of the molecule is O=[N+]([O-])c1cc([N+](=O)[O-])c2ccc(S(=O)(=O)[O-])cc2c1O. The zero-order valence-corrected chi connectivity index (χ0v) is 10.7. The van der Waals surface area contributed by atoms with Crippen LogP contribution >= 0.6 is 0 Å². The highest BCUT2D eigenvalue weighted by atomic mass is 32.2. The third kappa shape index (κ3) is 2.46. The molecule has 0 saturated carbocycles. The minimum absolute atomic E-state index is 0.226. The number of nitro groups is 2. The second kappa shape index (κ2) is 4.64. The van der Waals surface area contributed by atoms with Gasteiger partial charge in [0.05, 0.1) is 26.2 Å². The van der Waals surface area contributed by atoms with Gasteiger partial charge in [-0.25, -0.2) is 8.42 Å². The van der Waals surface area contributed by atoms with Crippen LogP contribution in [0.1, 0.15) is 0 Å². The molecule has 0 bridgehead atoms. The summed E-state index contributed by atoms with van der Waals surface area (Å²) >= 11 is 0. The Labute approximate surface area is 116 Å². The molecule has 110 valence electrons. The summed E-state index contributed by atoms with van der Waals surface area (Å²) in [6.45, 7) is 0. The molecular formula is C10H5N2O8S-. The van der Waals surface area contributed by atoms with E-state index in [1.165, 1.54) is 0 Å². The molecule has 0 fully saturated rings. The number of benzene rings is 2. The van der Waals surface area contributed by atoms with E-state index < -0.39 is 47.4 Å². The summed E-state index contributed by atoms with van der Waals surface area (Å²) < 4.78 is 32.8. The maximum absolute atomic E-state index is 10.9. The van der Waals surface area contributed by atoms with Crippen molar-refractivity contribution < 1.29 is 27.9 Å². The van der Waals surface area contributed by atoms with Crippen LogP contribution in [0.5, 0.6) is 5.75 Å². The van der Waals surface area contributed by atoms with E-state index in [2.05, 4.69) is 0 Å². The fourth-order valence-corrected chi connectivity index (χ4v) is 2.30. The average Bonchev–Trinajstić information content (AvgIpc) is 2.36.